The standard InChI is InChI=1S/C43H70N10O11.CH4/c1-22(2)17-29-40(60)51-31(19-24(5)6)43(63)64-34(35(46)55)33(42(62)47-25(7)36(56)49-29)53-41(61)32(21-54)52-38(58)28(15-11-12-16-44)48-39(59)30(18-23(3)4)50-37(57)27(45)20-26-13-9-8-10-14-26;/h8-10,13-14,22-25,27-34,54H,11-12,15-21,44-45H2,1-7H3,(H2,46,55)(H,47,62)(H,48,59)(H,49,56)(H,50,57)(H,51,60)(H,52,58)(H,53,61);1H4. The second kappa shape index (κ2) is 28.3. The van der Waals surface area contributed by atoms with Gasteiger partial charge in [-0.3, -0.25) is 38.4 Å². The third kappa shape index (κ3) is 19.5. The number of primary amides is 1. The number of nitrogens with two attached hydrogens (primary N) is 3. The van der Waals surface area contributed by atoms with Gasteiger partial charge in [0.25, 0.3) is 5.91 Å². The molecule has 0 radical (unpaired) electrons. The fourth-order valence-corrected chi connectivity index (χ4v) is 6.80. The molecule has 1 aromatic rings. The van der Waals surface area contributed by atoms with Gasteiger partial charge in [0.15, 0.2) is 6.04 Å². The maximum Gasteiger partial charge on any atom is 0.329 e. The number of hydrogen-bond donors (Lipinski definition) is 11. The van der Waals surface area contributed by atoms with Crippen LogP contribution in [0.4, 0.5) is 0 Å². The lowest BCUT2D eigenvalue weighted by atomic mass is 10.00. The Hall–Kier alpha value is -5.67. The normalized spacial score (nSPS) is 21.3. The third-order valence-corrected chi connectivity index (χ3v) is 10.2. The van der Waals surface area contributed by atoms with Gasteiger partial charge >= 0.3 is 5.97 Å². The highest BCUT2D eigenvalue weighted by atomic mass is 16.6. The molecule has 21 heteroatoms. The first kappa shape index (κ1) is 57.3. The average Bonchev–Trinajstić information content (AvgIpc) is 3.22. The van der Waals surface area contributed by atoms with Crippen molar-refractivity contribution in [3.63, 3.8) is 0 Å². The number of ether oxygens (including phenoxy) is 1. The van der Waals surface area contributed by atoms with Crippen LogP contribution >= 0.6 is 0 Å². The van der Waals surface area contributed by atoms with Gasteiger partial charge in [0.05, 0.1) is 12.6 Å². The van der Waals surface area contributed by atoms with Crippen LogP contribution in [0.25, 0.3) is 0 Å². The highest BCUT2D eigenvalue weighted by molar-refractivity contribution is 6.00. The number of rotatable bonds is 22. The Kier molecular flexibility index (Phi) is 25.0. The highest BCUT2D eigenvalue weighted by Gasteiger charge is 2.42. The minimum atomic E-state index is -2.22. The van der Waals surface area contributed by atoms with Crippen molar-refractivity contribution in [1.29, 1.82) is 0 Å². The van der Waals surface area contributed by atoms with E-state index in [1.165, 1.54) is 6.92 Å². The molecule has 65 heavy (non-hydrogen) atoms. The largest absolute Gasteiger partial charge is 0.448 e. The van der Waals surface area contributed by atoms with Crippen LogP contribution in [0.2, 0.25) is 0 Å². The van der Waals surface area contributed by atoms with Crippen molar-refractivity contribution in [3.8, 4) is 0 Å². The molecule has 0 aliphatic carbocycles. The van der Waals surface area contributed by atoms with Crippen LogP contribution in [0, 0.1) is 17.8 Å². The number of amides is 8. The van der Waals surface area contributed by atoms with E-state index in [1.54, 1.807) is 26.0 Å². The molecule has 9 unspecified atom stereocenters. The number of carbonyl (C=O) groups excluding carboxylic acids is 9. The lowest BCUT2D eigenvalue weighted by molar-refractivity contribution is -0.162. The molecular weight excluding hydrogens is 845 g/mol. The fourth-order valence-electron chi connectivity index (χ4n) is 6.80. The zero-order chi connectivity index (χ0) is 48.3. The molecule has 0 aromatic heterocycles. The molecule has 0 bridgehead atoms. The SMILES string of the molecule is C.CC(C)CC(NC(=O)C(N)Cc1ccccc1)C(=O)NC(CCCCN)C(=O)NC(CO)C(=O)NC1C(=O)NC(C)C(=O)NC(CC(C)C)C(=O)NC(CC(C)C)C(=O)OC1C(N)=O. The summed E-state index contributed by atoms with van der Waals surface area (Å²) in [4.78, 5) is 122. The number of carbonyl (C=O) groups is 9. The molecule has 1 fully saturated rings. The molecular formula is C44H74N10O11. The second-order valence-electron chi connectivity index (χ2n) is 17.4. The van der Waals surface area contributed by atoms with Gasteiger partial charge in [-0.25, -0.2) is 4.79 Å². The monoisotopic (exact) mass is 919 g/mol. The third-order valence-electron chi connectivity index (χ3n) is 10.2. The van der Waals surface area contributed by atoms with Gasteiger partial charge in [0.2, 0.25) is 47.5 Å². The molecule has 21 nitrogen and oxygen atoms in total. The van der Waals surface area contributed by atoms with E-state index in [4.69, 9.17) is 21.9 Å². The zero-order valence-corrected chi connectivity index (χ0v) is 37.9. The van der Waals surface area contributed by atoms with Gasteiger partial charge in [-0.15, -0.1) is 0 Å². The summed E-state index contributed by atoms with van der Waals surface area (Å²) in [5, 5.41) is 27.7. The van der Waals surface area contributed by atoms with Crippen LogP contribution in [0.3, 0.4) is 0 Å². The first-order valence-electron chi connectivity index (χ1n) is 21.8. The average molecular weight is 919 g/mol. The van der Waals surface area contributed by atoms with Gasteiger partial charge in [-0.1, -0.05) is 79.3 Å². The molecule has 14 N–H and O–H groups in total. The summed E-state index contributed by atoms with van der Waals surface area (Å²) in [5.41, 5.74) is 18.3. The van der Waals surface area contributed by atoms with Crippen LogP contribution in [0.1, 0.15) is 100.0 Å². The number of benzene rings is 1. The molecule has 0 spiro atoms. The van der Waals surface area contributed by atoms with Crippen molar-refractivity contribution in [2.45, 2.75) is 155 Å². The second-order valence-corrected chi connectivity index (χ2v) is 17.4. The number of aliphatic hydroxyl groups is 1. The van der Waals surface area contributed by atoms with E-state index in [-0.39, 0.29) is 63.8 Å². The quantitative estimate of drug-likeness (QED) is 0.0456. The smallest absolute Gasteiger partial charge is 0.329 e. The van der Waals surface area contributed by atoms with E-state index in [0.29, 0.717) is 12.8 Å². The van der Waals surface area contributed by atoms with Crippen molar-refractivity contribution in [2.75, 3.05) is 13.2 Å². The number of aliphatic hydroxyl groups excluding tert-OH is 1. The Morgan fingerprint density at radius 1 is 0.723 bits per heavy atom. The Morgan fingerprint density at radius 3 is 1.83 bits per heavy atom. The molecule has 1 aromatic carbocycles. The molecule has 1 saturated heterocycles. The molecule has 8 amide bonds. The van der Waals surface area contributed by atoms with Gasteiger partial charge < -0.3 is 64.3 Å². The fraction of sp³-hybridized carbons (Fsp3) is 0.659. The van der Waals surface area contributed by atoms with Gasteiger partial charge in [-0.2, -0.15) is 0 Å². The number of hydrogen-bond acceptors (Lipinski definition) is 13. The van der Waals surface area contributed by atoms with Gasteiger partial charge in [-0.05, 0) is 81.7 Å². The van der Waals surface area contributed by atoms with Crippen molar-refractivity contribution >= 4 is 53.2 Å². The van der Waals surface area contributed by atoms with Crippen LogP contribution in [-0.2, 0) is 54.3 Å². The molecule has 1 aliphatic heterocycles. The summed E-state index contributed by atoms with van der Waals surface area (Å²) >= 11 is 0. The predicted molar refractivity (Wildman–Crippen MR) is 241 cm³/mol. The van der Waals surface area contributed by atoms with E-state index in [0.717, 1.165) is 5.56 Å². The predicted octanol–water partition coefficient (Wildman–Crippen LogP) is -1.72. The first-order valence-corrected chi connectivity index (χ1v) is 21.8. The summed E-state index contributed by atoms with van der Waals surface area (Å²) in [6.45, 7) is 11.3. The maximum absolute atomic E-state index is 13.9. The molecule has 366 valence electrons. The summed E-state index contributed by atoms with van der Waals surface area (Å²) in [5.74, 6) is -9.23. The van der Waals surface area contributed by atoms with E-state index in [1.807, 2.05) is 45.9 Å². The van der Waals surface area contributed by atoms with Crippen molar-refractivity contribution in [3.05, 3.63) is 35.9 Å². The topological polar surface area (TPSA) is 345 Å². The van der Waals surface area contributed by atoms with E-state index in [9.17, 15) is 48.3 Å². The molecule has 1 heterocycles. The zero-order valence-electron chi connectivity index (χ0n) is 37.9. The van der Waals surface area contributed by atoms with Crippen molar-refractivity contribution in [1.82, 2.24) is 37.2 Å². The van der Waals surface area contributed by atoms with E-state index in [2.05, 4.69) is 37.2 Å². The van der Waals surface area contributed by atoms with Crippen molar-refractivity contribution in [2.24, 2.45) is 35.0 Å². The number of unbranched alkanes of at least 4 members (excludes halogenated alkanes) is 1. The Labute approximate surface area is 382 Å². The molecule has 9 atom stereocenters. The first-order chi connectivity index (χ1) is 30.1. The summed E-state index contributed by atoms with van der Waals surface area (Å²) in [7, 11) is 0. The van der Waals surface area contributed by atoms with Crippen LogP contribution < -0.4 is 54.4 Å². The number of esters is 1. The van der Waals surface area contributed by atoms with E-state index < -0.39 is 114 Å². The summed E-state index contributed by atoms with van der Waals surface area (Å²) in [6, 6.07) is -2.23. The van der Waals surface area contributed by atoms with Crippen LogP contribution in [0.5, 0.6) is 0 Å². The molecule has 1 aliphatic rings. The Morgan fingerprint density at radius 2 is 1.28 bits per heavy atom. The highest BCUT2D eigenvalue weighted by Crippen LogP contribution is 2.14. The maximum atomic E-state index is 13.9. The lowest BCUT2D eigenvalue weighted by Crippen LogP contribution is -2.64. The number of cyclic esters (lactones) is 1. The summed E-state index contributed by atoms with van der Waals surface area (Å²) in [6.07, 6.45) is -0.880. The summed E-state index contributed by atoms with van der Waals surface area (Å²) < 4.78 is 5.45. The molecule has 0 saturated carbocycles. The van der Waals surface area contributed by atoms with Crippen LogP contribution in [0.15, 0.2) is 30.3 Å². The van der Waals surface area contributed by atoms with Crippen molar-refractivity contribution < 1.29 is 53.0 Å². The number of nitrogens with one attached hydrogen (secondary N) is 7. The minimum absolute atomic E-state index is 0. The van der Waals surface area contributed by atoms with E-state index >= 15 is 0 Å². The molecule has 2 rings (SSSR count). The minimum Gasteiger partial charge on any atom is -0.448 e. The Bertz CT molecular complexity index is 1760. The van der Waals surface area contributed by atoms with Crippen LogP contribution in [-0.4, -0.2) is 126 Å². The lowest BCUT2D eigenvalue weighted by Gasteiger charge is -2.29. The van der Waals surface area contributed by atoms with Gasteiger partial charge in [0, 0.05) is 0 Å². The van der Waals surface area contributed by atoms with Gasteiger partial charge in [0.1, 0.15) is 36.3 Å². The Balaban J connectivity index is 0.0000211.